The number of carbonyl (C=O) groups is 1. The van der Waals surface area contributed by atoms with E-state index in [1.807, 2.05) is 0 Å². The summed E-state index contributed by atoms with van der Waals surface area (Å²) in [5, 5.41) is 0.622. The largest absolute Gasteiger partial charge is 0.492 e. The lowest BCUT2D eigenvalue weighted by Crippen LogP contribution is -2.44. The average molecular weight is 385 g/mol. The van der Waals surface area contributed by atoms with Gasteiger partial charge in [-0.05, 0) is 30.7 Å². The first-order valence-electron chi connectivity index (χ1n) is 6.75. The zero-order valence-electron chi connectivity index (χ0n) is 13.1. The van der Waals surface area contributed by atoms with E-state index >= 15 is 0 Å². The zero-order chi connectivity index (χ0) is 16.8. The highest BCUT2D eigenvalue weighted by atomic mass is 35.5. The number of amides is 1. The molecule has 1 rings (SSSR count). The molecule has 1 aromatic carbocycles. The Morgan fingerprint density at radius 1 is 1.35 bits per heavy atom. The maximum Gasteiger partial charge on any atom is 0.239 e. The highest BCUT2D eigenvalue weighted by molar-refractivity contribution is 7.90. The molecule has 1 unspecified atom stereocenters. The Hall–Kier alpha value is -1.02. The molecule has 1 atom stereocenters. The van der Waals surface area contributed by atoms with Crippen LogP contribution in [-0.4, -0.2) is 57.5 Å². The lowest BCUT2D eigenvalue weighted by atomic mass is 10.2. The quantitative estimate of drug-likeness (QED) is 0.730. The molecule has 0 bridgehead atoms. The highest BCUT2D eigenvalue weighted by Gasteiger charge is 2.19. The smallest absolute Gasteiger partial charge is 0.239 e. The van der Waals surface area contributed by atoms with E-state index in [-0.39, 0.29) is 30.5 Å². The highest BCUT2D eigenvalue weighted by Crippen LogP contribution is 2.15. The first-order valence-corrected chi connectivity index (χ1v) is 9.19. The summed E-state index contributed by atoms with van der Waals surface area (Å²) < 4.78 is 27.6. The molecule has 0 saturated heterocycles. The second-order valence-corrected chi connectivity index (χ2v) is 7.78. The average Bonchev–Trinajstić information content (AvgIpc) is 2.45. The fourth-order valence-electron chi connectivity index (χ4n) is 1.69. The summed E-state index contributed by atoms with van der Waals surface area (Å²) in [7, 11) is -1.52. The molecule has 1 amide bonds. The molecule has 23 heavy (non-hydrogen) atoms. The van der Waals surface area contributed by atoms with Crippen LogP contribution in [0.5, 0.6) is 5.75 Å². The van der Waals surface area contributed by atoms with E-state index in [1.165, 1.54) is 4.90 Å². The Morgan fingerprint density at radius 2 is 1.91 bits per heavy atom. The van der Waals surface area contributed by atoms with E-state index in [0.717, 1.165) is 6.26 Å². The maximum atomic E-state index is 12.0. The minimum atomic E-state index is -3.12. The van der Waals surface area contributed by atoms with Gasteiger partial charge in [-0.15, -0.1) is 12.4 Å². The number of rotatable bonds is 8. The van der Waals surface area contributed by atoms with Gasteiger partial charge in [-0.2, -0.15) is 0 Å². The predicted octanol–water partition coefficient (Wildman–Crippen LogP) is 1.36. The van der Waals surface area contributed by atoms with Gasteiger partial charge in [0.25, 0.3) is 0 Å². The third-order valence-electron chi connectivity index (χ3n) is 3.00. The van der Waals surface area contributed by atoms with Crippen molar-refractivity contribution in [3.63, 3.8) is 0 Å². The van der Waals surface area contributed by atoms with Crippen molar-refractivity contribution >= 4 is 39.8 Å². The molecule has 6 nitrogen and oxygen atoms in total. The van der Waals surface area contributed by atoms with Gasteiger partial charge >= 0.3 is 0 Å². The molecule has 9 heteroatoms. The number of likely N-dealkylation sites (N-methyl/N-ethyl adjacent to an activating group) is 1. The molecule has 0 radical (unpaired) electrons. The maximum absolute atomic E-state index is 12.0. The first-order chi connectivity index (χ1) is 10.2. The predicted molar refractivity (Wildman–Crippen MR) is 94.1 cm³/mol. The summed E-state index contributed by atoms with van der Waals surface area (Å²) in [5.41, 5.74) is 5.71. The van der Waals surface area contributed by atoms with Gasteiger partial charge < -0.3 is 15.4 Å². The van der Waals surface area contributed by atoms with Gasteiger partial charge in [-0.3, -0.25) is 4.79 Å². The van der Waals surface area contributed by atoms with E-state index in [9.17, 15) is 13.2 Å². The second-order valence-electron chi connectivity index (χ2n) is 5.09. The molecule has 0 aliphatic carbocycles. The zero-order valence-corrected chi connectivity index (χ0v) is 15.5. The minimum Gasteiger partial charge on any atom is -0.492 e. The van der Waals surface area contributed by atoms with Crippen LogP contribution in [0.4, 0.5) is 0 Å². The van der Waals surface area contributed by atoms with Crippen LogP contribution in [0.3, 0.4) is 0 Å². The van der Waals surface area contributed by atoms with Crippen LogP contribution in [0.25, 0.3) is 0 Å². The van der Waals surface area contributed by atoms with Crippen molar-refractivity contribution in [3.05, 3.63) is 29.3 Å². The number of nitrogens with two attached hydrogens (primary N) is 1. The molecule has 0 spiro atoms. The molecule has 2 N–H and O–H groups in total. The number of ether oxygens (including phenoxy) is 1. The fraction of sp³-hybridized carbons (Fsp3) is 0.500. The van der Waals surface area contributed by atoms with Gasteiger partial charge in [0.1, 0.15) is 22.2 Å². The van der Waals surface area contributed by atoms with Crippen molar-refractivity contribution in [1.29, 1.82) is 0 Å². The molecule has 0 aromatic heterocycles. The van der Waals surface area contributed by atoms with E-state index in [1.54, 1.807) is 31.3 Å². The Labute approximate surface area is 148 Å². The lowest BCUT2D eigenvalue weighted by Gasteiger charge is -2.21. The molecular formula is C14H22Cl2N2O4S. The first kappa shape index (κ1) is 22.0. The Kier molecular flexibility index (Phi) is 9.53. The number of carbonyl (C=O) groups excluding carboxylic acids is 1. The third kappa shape index (κ3) is 9.00. The van der Waals surface area contributed by atoms with E-state index in [2.05, 4.69) is 0 Å². The summed E-state index contributed by atoms with van der Waals surface area (Å²) in [6.07, 6.45) is 1.23. The SMILES string of the molecule is CN(CCOc1ccc(Cl)cc1)C(=O)C(N)CCS(C)(=O)=O.Cl. The fourth-order valence-corrected chi connectivity index (χ4v) is 2.50. The lowest BCUT2D eigenvalue weighted by molar-refractivity contribution is -0.131. The van der Waals surface area contributed by atoms with Gasteiger partial charge in [0.2, 0.25) is 5.91 Å². The van der Waals surface area contributed by atoms with Crippen LogP contribution in [0, 0.1) is 0 Å². The van der Waals surface area contributed by atoms with E-state index < -0.39 is 15.9 Å². The molecular weight excluding hydrogens is 363 g/mol. The van der Waals surface area contributed by atoms with Crippen LogP contribution in [-0.2, 0) is 14.6 Å². The second kappa shape index (κ2) is 9.97. The number of hydrogen-bond donors (Lipinski definition) is 1. The molecule has 1 aromatic rings. The third-order valence-corrected chi connectivity index (χ3v) is 4.23. The van der Waals surface area contributed by atoms with Crippen molar-refractivity contribution in [1.82, 2.24) is 4.90 Å². The molecule has 0 heterocycles. The van der Waals surface area contributed by atoms with Crippen LogP contribution in [0.15, 0.2) is 24.3 Å². The Bertz CT molecular complexity index is 593. The number of sulfone groups is 1. The minimum absolute atomic E-state index is 0. The summed E-state index contributed by atoms with van der Waals surface area (Å²) in [5.74, 6) is 0.254. The van der Waals surface area contributed by atoms with E-state index in [0.29, 0.717) is 23.9 Å². The molecule has 0 saturated carbocycles. The van der Waals surface area contributed by atoms with Crippen molar-refractivity contribution in [2.45, 2.75) is 12.5 Å². The van der Waals surface area contributed by atoms with Crippen LogP contribution < -0.4 is 10.5 Å². The van der Waals surface area contributed by atoms with E-state index in [4.69, 9.17) is 22.1 Å². The summed E-state index contributed by atoms with van der Waals surface area (Å²) >= 11 is 5.77. The van der Waals surface area contributed by atoms with Gasteiger partial charge in [-0.25, -0.2) is 8.42 Å². The van der Waals surface area contributed by atoms with Crippen molar-refractivity contribution in [2.24, 2.45) is 5.73 Å². The summed E-state index contributed by atoms with van der Waals surface area (Å²) in [4.78, 5) is 13.4. The van der Waals surface area contributed by atoms with Gasteiger partial charge in [-0.1, -0.05) is 11.6 Å². The van der Waals surface area contributed by atoms with Crippen LogP contribution in [0.1, 0.15) is 6.42 Å². The van der Waals surface area contributed by atoms with Crippen molar-refractivity contribution in [2.75, 3.05) is 32.2 Å². The monoisotopic (exact) mass is 384 g/mol. The topological polar surface area (TPSA) is 89.7 Å². The Morgan fingerprint density at radius 3 is 2.43 bits per heavy atom. The van der Waals surface area contributed by atoms with Crippen molar-refractivity contribution < 1.29 is 17.9 Å². The normalized spacial score (nSPS) is 12.2. The Balaban J connectivity index is 0.00000484. The number of benzene rings is 1. The number of hydrogen-bond acceptors (Lipinski definition) is 5. The van der Waals surface area contributed by atoms with Crippen LogP contribution in [0.2, 0.25) is 5.02 Å². The molecule has 132 valence electrons. The molecule has 0 aliphatic heterocycles. The number of halogens is 2. The number of nitrogens with zero attached hydrogens (tertiary/aromatic N) is 1. The summed E-state index contributed by atoms with van der Waals surface area (Å²) in [6, 6.07) is 6.08. The van der Waals surface area contributed by atoms with Crippen molar-refractivity contribution in [3.8, 4) is 5.75 Å². The summed E-state index contributed by atoms with van der Waals surface area (Å²) in [6.45, 7) is 0.663. The molecule has 0 fully saturated rings. The van der Waals surface area contributed by atoms with Gasteiger partial charge in [0.15, 0.2) is 0 Å². The molecule has 0 aliphatic rings. The standard InChI is InChI=1S/C14H21ClN2O4S.ClH/c1-17(14(18)13(16)7-10-22(2,19)20)8-9-21-12-5-3-11(15)4-6-12;/h3-6,13H,7-10,16H2,1-2H3;1H. The van der Waals surface area contributed by atoms with Gasteiger partial charge in [0.05, 0.1) is 18.3 Å². The van der Waals surface area contributed by atoms with Gasteiger partial charge in [0, 0.05) is 18.3 Å². The van der Waals surface area contributed by atoms with Crippen LogP contribution >= 0.6 is 24.0 Å².